The van der Waals surface area contributed by atoms with Crippen molar-refractivity contribution in [3.8, 4) is 5.75 Å². The minimum absolute atomic E-state index is 0.148. The number of hydrogen-bond donors (Lipinski definition) is 0. The molecule has 22 heavy (non-hydrogen) atoms. The Morgan fingerprint density at radius 2 is 1.91 bits per heavy atom. The highest BCUT2D eigenvalue weighted by atomic mass is 32.2. The molecule has 7 heteroatoms. The first-order valence-corrected chi connectivity index (χ1v) is 8.33. The summed E-state index contributed by atoms with van der Waals surface area (Å²) < 4.78 is 36.8. The lowest BCUT2D eigenvalue weighted by Crippen LogP contribution is -2.27. The SMILES string of the molecule is COc1ccc(S(=O)(=O)N(C)Cc2ncoc2C(C)C)cc1. The minimum Gasteiger partial charge on any atom is -0.497 e. The van der Waals surface area contributed by atoms with Gasteiger partial charge in [0, 0.05) is 13.0 Å². The highest BCUT2D eigenvalue weighted by molar-refractivity contribution is 7.89. The molecule has 0 aliphatic heterocycles. The number of nitrogens with zero attached hydrogens (tertiary/aromatic N) is 2. The highest BCUT2D eigenvalue weighted by Crippen LogP contribution is 2.23. The van der Waals surface area contributed by atoms with Crippen molar-refractivity contribution in [2.45, 2.75) is 31.2 Å². The standard InChI is InChI=1S/C15H20N2O4S/c1-11(2)15-14(16-10-21-15)9-17(3)22(18,19)13-7-5-12(20-4)6-8-13/h5-8,10-11H,9H2,1-4H3. The quantitative estimate of drug-likeness (QED) is 0.817. The zero-order valence-electron chi connectivity index (χ0n) is 13.1. The molecule has 1 heterocycles. The summed E-state index contributed by atoms with van der Waals surface area (Å²) in [6.45, 7) is 4.11. The summed E-state index contributed by atoms with van der Waals surface area (Å²) >= 11 is 0. The summed E-state index contributed by atoms with van der Waals surface area (Å²) in [4.78, 5) is 4.33. The van der Waals surface area contributed by atoms with Gasteiger partial charge in [-0.25, -0.2) is 13.4 Å². The summed E-state index contributed by atoms with van der Waals surface area (Å²) in [7, 11) is -0.525. The summed E-state index contributed by atoms with van der Waals surface area (Å²) in [6, 6.07) is 6.29. The van der Waals surface area contributed by atoms with Gasteiger partial charge in [0.05, 0.1) is 24.2 Å². The molecule has 0 fully saturated rings. The van der Waals surface area contributed by atoms with Crippen LogP contribution >= 0.6 is 0 Å². The molecule has 0 atom stereocenters. The molecule has 0 N–H and O–H groups in total. The first-order chi connectivity index (χ1) is 10.4. The van der Waals surface area contributed by atoms with Gasteiger partial charge in [0.25, 0.3) is 0 Å². The molecule has 1 aromatic heterocycles. The first-order valence-electron chi connectivity index (χ1n) is 6.89. The Morgan fingerprint density at radius 3 is 2.45 bits per heavy atom. The number of aromatic nitrogens is 1. The van der Waals surface area contributed by atoms with Gasteiger partial charge in [-0.2, -0.15) is 4.31 Å². The van der Waals surface area contributed by atoms with Crippen LogP contribution in [-0.2, 0) is 16.6 Å². The van der Waals surface area contributed by atoms with E-state index in [4.69, 9.17) is 9.15 Å². The van der Waals surface area contributed by atoms with Crippen LogP contribution < -0.4 is 4.74 Å². The largest absolute Gasteiger partial charge is 0.497 e. The van der Waals surface area contributed by atoms with Gasteiger partial charge in [0.2, 0.25) is 10.0 Å². The van der Waals surface area contributed by atoms with Crippen LogP contribution in [0.1, 0.15) is 31.2 Å². The van der Waals surface area contributed by atoms with E-state index in [1.54, 1.807) is 12.1 Å². The second kappa shape index (κ2) is 6.50. The van der Waals surface area contributed by atoms with Gasteiger partial charge in [0.1, 0.15) is 11.5 Å². The Morgan fingerprint density at radius 1 is 1.27 bits per heavy atom. The van der Waals surface area contributed by atoms with Crippen LogP contribution in [-0.4, -0.2) is 31.9 Å². The van der Waals surface area contributed by atoms with Crippen LogP contribution in [0.2, 0.25) is 0 Å². The smallest absolute Gasteiger partial charge is 0.243 e. The zero-order chi connectivity index (χ0) is 16.3. The number of benzene rings is 1. The van der Waals surface area contributed by atoms with E-state index >= 15 is 0 Å². The van der Waals surface area contributed by atoms with E-state index in [2.05, 4.69) is 4.98 Å². The summed E-state index contributed by atoms with van der Waals surface area (Å²) in [6.07, 6.45) is 1.35. The fourth-order valence-electron chi connectivity index (χ4n) is 2.09. The van der Waals surface area contributed by atoms with Crippen molar-refractivity contribution in [1.82, 2.24) is 9.29 Å². The third-order valence-electron chi connectivity index (χ3n) is 3.34. The molecule has 0 radical (unpaired) electrons. The van der Waals surface area contributed by atoms with E-state index in [9.17, 15) is 8.42 Å². The van der Waals surface area contributed by atoms with Crippen molar-refractivity contribution in [2.24, 2.45) is 0 Å². The predicted molar refractivity (Wildman–Crippen MR) is 82.2 cm³/mol. The van der Waals surface area contributed by atoms with E-state index in [0.29, 0.717) is 17.2 Å². The maximum absolute atomic E-state index is 12.6. The van der Waals surface area contributed by atoms with Gasteiger partial charge in [-0.05, 0) is 24.3 Å². The fourth-order valence-corrected chi connectivity index (χ4v) is 3.22. The minimum atomic E-state index is -3.59. The Hall–Kier alpha value is -1.86. The van der Waals surface area contributed by atoms with Crippen molar-refractivity contribution in [1.29, 1.82) is 0 Å². The van der Waals surface area contributed by atoms with E-state index in [1.807, 2.05) is 13.8 Å². The number of oxazole rings is 1. The lowest BCUT2D eigenvalue weighted by Gasteiger charge is -2.17. The van der Waals surface area contributed by atoms with Gasteiger partial charge in [-0.15, -0.1) is 0 Å². The summed E-state index contributed by atoms with van der Waals surface area (Å²) in [5.41, 5.74) is 0.634. The van der Waals surface area contributed by atoms with Gasteiger partial charge >= 0.3 is 0 Å². The van der Waals surface area contributed by atoms with Crippen LogP contribution in [0.4, 0.5) is 0 Å². The molecule has 0 amide bonds. The molecule has 1 aromatic carbocycles. The molecule has 0 unspecified atom stereocenters. The first kappa shape index (κ1) is 16.5. The zero-order valence-corrected chi connectivity index (χ0v) is 13.9. The lowest BCUT2D eigenvalue weighted by atomic mass is 10.1. The fraction of sp³-hybridized carbons (Fsp3) is 0.400. The normalized spacial score (nSPS) is 12.1. The van der Waals surface area contributed by atoms with Crippen molar-refractivity contribution >= 4 is 10.0 Å². The molecule has 2 rings (SSSR count). The van der Waals surface area contributed by atoms with Crippen LogP contribution in [0, 0.1) is 0 Å². The van der Waals surface area contributed by atoms with Crippen LogP contribution in [0.3, 0.4) is 0 Å². The van der Waals surface area contributed by atoms with Crippen LogP contribution in [0.5, 0.6) is 5.75 Å². The average Bonchev–Trinajstić information content (AvgIpc) is 2.95. The van der Waals surface area contributed by atoms with Crippen molar-refractivity contribution < 1.29 is 17.6 Å². The van der Waals surface area contributed by atoms with E-state index < -0.39 is 10.0 Å². The Labute approximate surface area is 130 Å². The number of ether oxygens (including phenoxy) is 1. The van der Waals surface area contributed by atoms with Gasteiger partial charge in [-0.1, -0.05) is 13.8 Å². The number of rotatable bonds is 6. The van der Waals surface area contributed by atoms with Gasteiger partial charge in [0.15, 0.2) is 6.39 Å². The van der Waals surface area contributed by atoms with Gasteiger partial charge < -0.3 is 9.15 Å². The van der Waals surface area contributed by atoms with Crippen LogP contribution in [0.15, 0.2) is 40.0 Å². The molecular weight excluding hydrogens is 304 g/mol. The maximum Gasteiger partial charge on any atom is 0.243 e. The van der Waals surface area contributed by atoms with E-state index in [-0.39, 0.29) is 17.4 Å². The molecule has 0 aliphatic carbocycles. The molecule has 120 valence electrons. The third-order valence-corrected chi connectivity index (χ3v) is 5.15. The summed E-state index contributed by atoms with van der Waals surface area (Å²) in [5.74, 6) is 1.46. The average molecular weight is 324 g/mol. The molecule has 2 aromatic rings. The number of sulfonamides is 1. The Bertz CT molecular complexity index is 720. The summed E-state index contributed by atoms with van der Waals surface area (Å²) in [5, 5.41) is 0. The number of methoxy groups -OCH3 is 1. The Balaban J connectivity index is 2.23. The van der Waals surface area contributed by atoms with Crippen molar-refractivity contribution in [3.05, 3.63) is 42.1 Å². The maximum atomic E-state index is 12.6. The van der Waals surface area contributed by atoms with Gasteiger partial charge in [-0.3, -0.25) is 0 Å². The van der Waals surface area contributed by atoms with Crippen LogP contribution in [0.25, 0.3) is 0 Å². The molecule has 0 spiro atoms. The second-order valence-electron chi connectivity index (χ2n) is 5.25. The number of hydrogen-bond acceptors (Lipinski definition) is 5. The molecular formula is C15H20N2O4S. The predicted octanol–water partition coefficient (Wildman–Crippen LogP) is 2.63. The second-order valence-corrected chi connectivity index (χ2v) is 7.30. The topological polar surface area (TPSA) is 72.6 Å². The third kappa shape index (κ3) is 3.31. The van der Waals surface area contributed by atoms with Crippen molar-refractivity contribution in [2.75, 3.05) is 14.2 Å². The lowest BCUT2D eigenvalue weighted by molar-refractivity contribution is 0.414. The molecule has 0 saturated carbocycles. The van der Waals surface area contributed by atoms with E-state index in [0.717, 1.165) is 0 Å². The van der Waals surface area contributed by atoms with E-state index in [1.165, 1.54) is 37.0 Å². The Kier molecular flexibility index (Phi) is 4.87. The molecule has 0 saturated heterocycles. The van der Waals surface area contributed by atoms with Crippen molar-refractivity contribution in [3.63, 3.8) is 0 Å². The molecule has 0 bridgehead atoms. The molecule has 6 nitrogen and oxygen atoms in total. The highest BCUT2D eigenvalue weighted by Gasteiger charge is 2.24. The monoisotopic (exact) mass is 324 g/mol. The molecule has 0 aliphatic rings.